The molecular weight excluding hydrogens is 512 g/mol. The molecule has 2 N–H and O–H groups in total. The predicted molar refractivity (Wildman–Crippen MR) is 142 cm³/mol. The number of anilines is 1. The van der Waals surface area contributed by atoms with Crippen molar-refractivity contribution in [2.45, 2.75) is 45.1 Å². The molecule has 3 aromatic rings. The number of nitrogens with one attached hydrogen (secondary N) is 2. The van der Waals surface area contributed by atoms with Gasteiger partial charge in [-0.15, -0.1) is 22.7 Å². The Morgan fingerprint density at radius 2 is 1.78 bits per heavy atom. The zero-order valence-electron chi connectivity index (χ0n) is 20.4. The summed E-state index contributed by atoms with van der Waals surface area (Å²) in [6.07, 6.45) is 3.82. The second kappa shape index (κ2) is 12.6. The summed E-state index contributed by atoms with van der Waals surface area (Å²) in [5, 5.41) is 7.64. The SMILES string of the molecule is CCOC(=O)c1c(NC(=O)COC(=O)C(Cc2ccccc2)NC(=O)c2cccs2)sc2c1CCCC2. The first-order valence-electron chi connectivity index (χ1n) is 12.1. The lowest BCUT2D eigenvalue weighted by molar-refractivity contribution is -0.149. The third-order valence-corrected chi connectivity index (χ3v) is 7.94. The molecule has 0 bridgehead atoms. The largest absolute Gasteiger partial charge is 0.462 e. The van der Waals surface area contributed by atoms with E-state index in [0.717, 1.165) is 41.7 Å². The molecule has 0 fully saturated rings. The number of thiophene rings is 2. The fourth-order valence-electron chi connectivity index (χ4n) is 4.15. The molecule has 37 heavy (non-hydrogen) atoms. The first kappa shape index (κ1) is 26.6. The third kappa shape index (κ3) is 6.84. The van der Waals surface area contributed by atoms with Gasteiger partial charge in [0.05, 0.1) is 17.0 Å². The Kier molecular flexibility index (Phi) is 9.08. The topological polar surface area (TPSA) is 111 Å². The minimum absolute atomic E-state index is 0.211. The van der Waals surface area contributed by atoms with E-state index in [1.54, 1.807) is 24.4 Å². The summed E-state index contributed by atoms with van der Waals surface area (Å²) in [7, 11) is 0. The van der Waals surface area contributed by atoms with Crippen molar-refractivity contribution in [2.24, 2.45) is 0 Å². The number of ether oxygens (including phenoxy) is 2. The molecule has 2 aromatic heterocycles. The second-order valence-corrected chi connectivity index (χ2v) is 10.5. The van der Waals surface area contributed by atoms with E-state index in [9.17, 15) is 19.2 Å². The molecule has 194 valence electrons. The number of benzene rings is 1. The Bertz CT molecular complexity index is 1250. The van der Waals surface area contributed by atoms with Crippen LogP contribution in [0.2, 0.25) is 0 Å². The van der Waals surface area contributed by atoms with Gasteiger partial charge >= 0.3 is 11.9 Å². The van der Waals surface area contributed by atoms with E-state index in [0.29, 0.717) is 15.4 Å². The summed E-state index contributed by atoms with van der Waals surface area (Å²) < 4.78 is 10.5. The van der Waals surface area contributed by atoms with E-state index in [1.165, 1.54) is 22.7 Å². The number of rotatable bonds is 10. The van der Waals surface area contributed by atoms with Crippen molar-refractivity contribution in [3.05, 3.63) is 74.3 Å². The molecule has 0 saturated heterocycles. The van der Waals surface area contributed by atoms with Crippen molar-refractivity contribution < 1.29 is 28.7 Å². The highest BCUT2D eigenvalue weighted by Gasteiger charge is 2.28. The number of carbonyl (C=O) groups is 4. The Hall–Kier alpha value is -3.50. The van der Waals surface area contributed by atoms with Gasteiger partial charge in [0.1, 0.15) is 11.0 Å². The third-order valence-electron chi connectivity index (χ3n) is 5.87. The van der Waals surface area contributed by atoms with Crippen LogP contribution in [0.3, 0.4) is 0 Å². The molecule has 2 heterocycles. The normalized spacial score (nSPS) is 13.2. The smallest absolute Gasteiger partial charge is 0.341 e. The first-order valence-corrected chi connectivity index (χ1v) is 13.8. The number of fused-ring (bicyclic) bond motifs is 1. The average molecular weight is 541 g/mol. The summed E-state index contributed by atoms with van der Waals surface area (Å²) in [5.41, 5.74) is 2.16. The Morgan fingerprint density at radius 3 is 2.51 bits per heavy atom. The highest BCUT2D eigenvalue weighted by atomic mass is 32.1. The highest BCUT2D eigenvalue weighted by Crippen LogP contribution is 2.38. The number of amides is 2. The van der Waals surface area contributed by atoms with Crippen molar-refractivity contribution in [3.8, 4) is 0 Å². The standard InChI is InChI=1S/C27H28N2O6S2/c1-2-34-27(33)23-18-11-6-7-12-20(18)37-25(23)29-22(30)16-35-26(32)19(15-17-9-4-3-5-10-17)28-24(31)21-13-8-14-36-21/h3-5,8-10,13-14,19H,2,6-7,11-12,15-16H2,1H3,(H,28,31)(H,29,30). The first-order chi connectivity index (χ1) is 18.0. The Labute approximate surface area is 223 Å². The number of hydrogen-bond acceptors (Lipinski definition) is 8. The maximum absolute atomic E-state index is 12.9. The zero-order chi connectivity index (χ0) is 26.2. The van der Waals surface area contributed by atoms with Gasteiger partial charge in [-0.3, -0.25) is 9.59 Å². The van der Waals surface area contributed by atoms with Crippen LogP contribution in [0.5, 0.6) is 0 Å². The van der Waals surface area contributed by atoms with Gasteiger partial charge in [0, 0.05) is 11.3 Å². The van der Waals surface area contributed by atoms with E-state index >= 15 is 0 Å². The van der Waals surface area contributed by atoms with Gasteiger partial charge in [-0.05, 0) is 55.2 Å². The highest BCUT2D eigenvalue weighted by molar-refractivity contribution is 7.17. The number of aryl methyl sites for hydroxylation is 1. The van der Waals surface area contributed by atoms with Crippen LogP contribution in [-0.4, -0.2) is 43.0 Å². The molecule has 8 nitrogen and oxygen atoms in total. The van der Waals surface area contributed by atoms with E-state index in [-0.39, 0.29) is 18.9 Å². The maximum atomic E-state index is 12.9. The fourth-order valence-corrected chi connectivity index (χ4v) is 6.07. The van der Waals surface area contributed by atoms with Crippen molar-refractivity contribution in [1.82, 2.24) is 5.32 Å². The Morgan fingerprint density at radius 1 is 1.00 bits per heavy atom. The Balaban J connectivity index is 1.42. The van der Waals surface area contributed by atoms with Gasteiger partial charge in [0.15, 0.2) is 6.61 Å². The minimum atomic E-state index is -0.978. The average Bonchev–Trinajstić information content (AvgIpc) is 3.56. The monoisotopic (exact) mass is 540 g/mol. The number of hydrogen-bond donors (Lipinski definition) is 2. The van der Waals surface area contributed by atoms with Gasteiger partial charge in [-0.2, -0.15) is 0 Å². The summed E-state index contributed by atoms with van der Waals surface area (Å²) in [4.78, 5) is 52.4. The van der Waals surface area contributed by atoms with Crippen molar-refractivity contribution >= 4 is 51.4 Å². The quantitative estimate of drug-likeness (QED) is 0.369. The summed E-state index contributed by atoms with van der Waals surface area (Å²) in [6, 6.07) is 11.7. The molecule has 1 unspecified atom stereocenters. The summed E-state index contributed by atoms with van der Waals surface area (Å²) in [6.45, 7) is 1.41. The molecule has 4 rings (SSSR count). The van der Waals surface area contributed by atoms with Crippen LogP contribution in [0.15, 0.2) is 47.8 Å². The maximum Gasteiger partial charge on any atom is 0.341 e. The van der Waals surface area contributed by atoms with Gasteiger partial charge in [0.2, 0.25) is 0 Å². The number of carbonyl (C=O) groups excluding carboxylic acids is 4. The molecule has 1 aliphatic rings. The summed E-state index contributed by atoms with van der Waals surface area (Å²) >= 11 is 2.63. The molecule has 0 saturated carbocycles. The van der Waals surface area contributed by atoms with Crippen LogP contribution >= 0.6 is 22.7 Å². The van der Waals surface area contributed by atoms with E-state index in [4.69, 9.17) is 9.47 Å². The van der Waals surface area contributed by atoms with Crippen LogP contribution in [0.4, 0.5) is 5.00 Å². The van der Waals surface area contributed by atoms with E-state index in [1.807, 2.05) is 30.3 Å². The van der Waals surface area contributed by atoms with Crippen molar-refractivity contribution in [3.63, 3.8) is 0 Å². The molecular formula is C27H28N2O6S2. The number of esters is 2. The van der Waals surface area contributed by atoms with Crippen molar-refractivity contribution in [1.29, 1.82) is 0 Å². The van der Waals surface area contributed by atoms with Gasteiger partial charge < -0.3 is 20.1 Å². The van der Waals surface area contributed by atoms with Crippen LogP contribution in [0.1, 0.15) is 55.8 Å². The van der Waals surface area contributed by atoms with Crippen LogP contribution in [-0.2, 0) is 38.3 Å². The minimum Gasteiger partial charge on any atom is -0.462 e. The van der Waals surface area contributed by atoms with E-state index in [2.05, 4.69) is 10.6 Å². The molecule has 0 radical (unpaired) electrons. The molecule has 1 aromatic carbocycles. The van der Waals surface area contributed by atoms with Gasteiger partial charge in [-0.1, -0.05) is 36.4 Å². The van der Waals surface area contributed by atoms with Gasteiger partial charge in [-0.25, -0.2) is 9.59 Å². The molecule has 1 aliphatic carbocycles. The lowest BCUT2D eigenvalue weighted by Crippen LogP contribution is -2.43. The lowest BCUT2D eigenvalue weighted by atomic mass is 9.95. The molecule has 2 amide bonds. The van der Waals surface area contributed by atoms with Crippen LogP contribution in [0.25, 0.3) is 0 Å². The molecule has 1 atom stereocenters. The van der Waals surface area contributed by atoms with E-state index < -0.39 is 30.5 Å². The van der Waals surface area contributed by atoms with Crippen LogP contribution < -0.4 is 10.6 Å². The van der Waals surface area contributed by atoms with Crippen molar-refractivity contribution in [2.75, 3.05) is 18.5 Å². The fraction of sp³-hybridized carbons (Fsp3) is 0.333. The molecule has 0 spiro atoms. The lowest BCUT2D eigenvalue weighted by Gasteiger charge is -2.17. The van der Waals surface area contributed by atoms with Gasteiger partial charge in [0.25, 0.3) is 11.8 Å². The summed E-state index contributed by atoms with van der Waals surface area (Å²) in [5.74, 6) is -2.14. The molecule has 0 aliphatic heterocycles. The zero-order valence-corrected chi connectivity index (χ0v) is 22.0. The van der Waals surface area contributed by atoms with Crippen LogP contribution in [0, 0.1) is 0 Å². The predicted octanol–water partition coefficient (Wildman–Crippen LogP) is 4.39. The second-order valence-electron chi connectivity index (χ2n) is 8.48. The molecule has 10 heteroatoms.